The summed E-state index contributed by atoms with van der Waals surface area (Å²) < 4.78 is 10.1. The molecular weight excluding hydrogens is 426 g/mol. The number of benzene rings is 3. The molecule has 0 aliphatic heterocycles. The lowest BCUT2D eigenvalue weighted by atomic mass is 9.84. The Labute approximate surface area is 188 Å². The molecule has 0 fully saturated rings. The first-order valence-electron chi connectivity index (χ1n) is 10.0. The number of amides is 1. The van der Waals surface area contributed by atoms with E-state index in [2.05, 4.69) is 5.32 Å². The van der Waals surface area contributed by atoms with Crippen LogP contribution >= 0.6 is 0 Å². The van der Waals surface area contributed by atoms with Crippen molar-refractivity contribution < 1.29 is 33.8 Å². The molecule has 3 aromatic rings. The van der Waals surface area contributed by atoms with Gasteiger partial charge in [0, 0.05) is 27.9 Å². The zero-order valence-electron chi connectivity index (χ0n) is 17.7. The Balaban J connectivity index is 1.50. The third-order valence-electron chi connectivity index (χ3n) is 5.28. The summed E-state index contributed by atoms with van der Waals surface area (Å²) in [7, 11) is 1.34. The second-order valence-corrected chi connectivity index (χ2v) is 7.36. The number of rotatable bonds is 5. The zero-order chi connectivity index (χ0) is 23.7. The standard InChI is InChI=1S/C25H19NO7/c1-13(33-25(31)18-8-5-9-20(32-2)23(18)29)24(30)26-14-10-11-17-19(12-14)22(28)16-7-4-3-6-15(16)21(17)27/h3-13,29H,1-2H3,(H,26,30). The van der Waals surface area contributed by atoms with Gasteiger partial charge in [0.15, 0.2) is 29.2 Å². The highest BCUT2D eigenvalue weighted by Crippen LogP contribution is 2.31. The fourth-order valence-electron chi connectivity index (χ4n) is 3.55. The number of carbonyl (C=O) groups excluding carboxylic acids is 4. The summed E-state index contributed by atoms with van der Waals surface area (Å²) in [5.74, 6) is -2.44. The molecule has 0 radical (unpaired) electrons. The van der Waals surface area contributed by atoms with E-state index in [4.69, 9.17) is 9.47 Å². The molecule has 1 amide bonds. The Kier molecular flexibility index (Phi) is 5.66. The van der Waals surface area contributed by atoms with Crippen molar-refractivity contribution in [3.05, 3.63) is 88.5 Å². The number of para-hydroxylation sites is 1. The van der Waals surface area contributed by atoms with Crippen LogP contribution in [0.5, 0.6) is 11.5 Å². The van der Waals surface area contributed by atoms with Crippen LogP contribution in [0.25, 0.3) is 0 Å². The number of esters is 1. The van der Waals surface area contributed by atoms with Gasteiger partial charge in [-0.1, -0.05) is 30.3 Å². The number of ketones is 2. The Hall–Kier alpha value is -4.46. The van der Waals surface area contributed by atoms with Crippen LogP contribution in [0.1, 0.15) is 49.1 Å². The summed E-state index contributed by atoms with van der Waals surface area (Å²) in [6.07, 6.45) is -1.21. The summed E-state index contributed by atoms with van der Waals surface area (Å²) in [5, 5.41) is 12.7. The van der Waals surface area contributed by atoms with E-state index in [1.165, 1.54) is 50.4 Å². The number of fused-ring (bicyclic) bond motifs is 2. The average Bonchev–Trinajstić information content (AvgIpc) is 2.82. The van der Waals surface area contributed by atoms with Gasteiger partial charge in [-0.25, -0.2) is 4.79 Å². The van der Waals surface area contributed by atoms with Gasteiger partial charge < -0.3 is 19.9 Å². The number of anilines is 1. The number of phenols is 1. The normalized spacial score (nSPS) is 12.9. The van der Waals surface area contributed by atoms with Crippen molar-refractivity contribution in [1.29, 1.82) is 0 Å². The molecule has 0 saturated heterocycles. The summed E-state index contributed by atoms with van der Waals surface area (Å²) in [5.41, 5.74) is 1.20. The molecule has 0 saturated carbocycles. The van der Waals surface area contributed by atoms with E-state index < -0.39 is 23.7 Å². The van der Waals surface area contributed by atoms with Gasteiger partial charge in [-0.05, 0) is 37.3 Å². The van der Waals surface area contributed by atoms with Crippen molar-refractivity contribution >= 4 is 29.1 Å². The van der Waals surface area contributed by atoms with Crippen molar-refractivity contribution in [3.8, 4) is 11.5 Å². The SMILES string of the molecule is COc1cccc(C(=O)OC(C)C(=O)Nc2ccc3c(c2)C(=O)c2ccccc2C3=O)c1O. The third-order valence-corrected chi connectivity index (χ3v) is 5.28. The minimum Gasteiger partial charge on any atom is -0.504 e. The molecule has 1 aliphatic rings. The molecule has 1 unspecified atom stereocenters. The fourth-order valence-corrected chi connectivity index (χ4v) is 3.55. The molecule has 0 bridgehead atoms. The van der Waals surface area contributed by atoms with Crippen LogP contribution in [0.4, 0.5) is 5.69 Å². The molecule has 166 valence electrons. The van der Waals surface area contributed by atoms with Crippen LogP contribution in [0.15, 0.2) is 60.7 Å². The molecule has 3 aromatic carbocycles. The van der Waals surface area contributed by atoms with E-state index in [0.717, 1.165) is 0 Å². The van der Waals surface area contributed by atoms with Crippen LogP contribution in [0, 0.1) is 0 Å². The Morgan fingerprint density at radius 2 is 1.52 bits per heavy atom. The number of ether oxygens (including phenoxy) is 2. The Bertz CT molecular complexity index is 1310. The van der Waals surface area contributed by atoms with Crippen LogP contribution in [-0.4, -0.2) is 41.8 Å². The second-order valence-electron chi connectivity index (χ2n) is 7.36. The maximum absolute atomic E-state index is 12.8. The van der Waals surface area contributed by atoms with Crippen LogP contribution in [0.3, 0.4) is 0 Å². The number of aromatic hydroxyl groups is 1. The molecule has 2 N–H and O–H groups in total. The first kappa shape index (κ1) is 21.8. The van der Waals surface area contributed by atoms with Crippen molar-refractivity contribution in [2.75, 3.05) is 12.4 Å². The minimum atomic E-state index is -1.21. The van der Waals surface area contributed by atoms with E-state index in [1.54, 1.807) is 24.3 Å². The van der Waals surface area contributed by atoms with E-state index in [0.29, 0.717) is 11.1 Å². The molecular formula is C25H19NO7. The number of nitrogens with one attached hydrogen (secondary N) is 1. The van der Waals surface area contributed by atoms with Gasteiger partial charge in [0.2, 0.25) is 0 Å². The average molecular weight is 445 g/mol. The lowest BCUT2D eigenvalue weighted by molar-refractivity contribution is -0.123. The number of hydrogen-bond acceptors (Lipinski definition) is 7. The van der Waals surface area contributed by atoms with E-state index in [-0.39, 0.29) is 39.7 Å². The molecule has 0 heterocycles. The minimum absolute atomic E-state index is 0.0939. The third kappa shape index (κ3) is 3.94. The van der Waals surface area contributed by atoms with E-state index >= 15 is 0 Å². The maximum atomic E-state index is 12.8. The summed E-state index contributed by atoms with van der Waals surface area (Å²) in [6.45, 7) is 1.37. The zero-order valence-corrected chi connectivity index (χ0v) is 17.7. The molecule has 4 rings (SSSR count). The van der Waals surface area contributed by atoms with E-state index in [1.807, 2.05) is 0 Å². The largest absolute Gasteiger partial charge is 0.504 e. The van der Waals surface area contributed by atoms with Gasteiger partial charge >= 0.3 is 5.97 Å². The molecule has 1 aliphatic carbocycles. The second kappa shape index (κ2) is 8.58. The smallest absolute Gasteiger partial charge is 0.342 e. The van der Waals surface area contributed by atoms with Gasteiger partial charge in [-0.3, -0.25) is 14.4 Å². The summed E-state index contributed by atoms with van der Waals surface area (Å²) in [6, 6.07) is 15.3. The van der Waals surface area contributed by atoms with Crippen molar-refractivity contribution in [2.45, 2.75) is 13.0 Å². The van der Waals surface area contributed by atoms with Crippen LogP contribution < -0.4 is 10.1 Å². The lowest BCUT2D eigenvalue weighted by Gasteiger charge is -2.19. The number of carbonyl (C=O) groups is 4. The first-order valence-corrected chi connectivity index (χ1v) is 10.0. The highest BCUT2D eigenvalue weighted by Gasteiger charge is 2.30. The highest BCUT2D eigenvalue weighted by atomic mass is 16.5. The number of hydrogen-bond donors (Lipinski definition) is 2. The van der Waals surface area contributed by atoms with Crippen molar-refractivity contribution in [3.63, 3.8) is 0 Å². The van der Waals surface area contributed by atoms with E-state index in [9.17, 15) is 24.3 Å². The van der Waals surface area contributed by atoms with Gasteiger partial charge in [-0.15, -0.1) is 0 Å². The molecule has 8 heteroatoms. The number of phenolic OH excluding ortho intramolecular Hbond substituents is 1. The van der Waals surface area contributed by atoms with Gasteiger partial charge in [0.05, 0.1) is 7.11 Å². The molecule has 0 spiro atoms. The molecule has 1 atom stereocenters. The topological polar surface area (TPSA) is 119 Å². The van der Waals surface area contributed by atoms with Gasteiger partial charge in [0.25, 0.3) is 5.91 Å². The lowest BCUT2D eigenvalue weighted by Crippen LogP contribution is -2.30. The highest BCUT2D eigenvalue weighted by molar-refractivity contribution is 6.28. The summed E-state index contributed by atoms with van der Waals surface area (Å²) >= 11 is 0. The number of methoxy groups -OCH3 is 1. The molecule has 8 nitrogen and oxygen atoms in total. The summed E-state index contributed by atoms with van der Waals surface area (Å²) in [4.78, 5) is 50.5. The van der Waals surface area contributed by atoms with Crippen LogP contribution in [-0.2, 0) is 9.53 Å². The predicted octanol–water partition coefficient (Wildman–Crippen LogP) is 3.36. The predicted molar refractivity (Wildman–Crippen MR) is 118 cm³/mol. The van der Waals surface area contributed by atoms with Crippen molar-refractivity contribution in [2.24, 2.45) is 0 Å². The van der Waals surface area contributed by atoms with Crippen LogP contribution in [0.2, 0.25) is 0 Å². The fraction of sp³-hybridized carbons (Fsp3) is 0.120. The van der Waals surface area contributed by atoms with Gasteiger partial charge in [0.1, 0.15) is 5.56 Å². The molecule has 33 heavy (non-hydrogen) atoms. The monoisotopic (exact) mass is 445 g/mol. The van der Waals surface area contributed by atoms with Gasteiger partial charge in [-0.2, -0.15) is 0 Å². The molecule has 0 aromatic heterocycles. The first-order chi connectivity index (χ1) is 15.8. The van der Waals surface area contributed by atoms with Crippen molar-refractivity contribution in [1.82, 2.24) is 0 Å². The maximum Gasteiger partial charge on any atom is 0.342 e. The Morgan fingerprint density at radius 1 is 0.879 bits per heavy atom. The Morgan fingerprint density at radius 3 is 2.18 bits per heavy atom. The quantitative estimate of drug-likeness (QED) is 0.452.